The quantitative estimate of drug-likeness (QED) is 0.445. The number of aromatic hydroxyl groups is 2. The van der Waals surface area contributed by atoms with Gasteiger partial charge in [0.05, 0.1) is 4.47 Å². The minimum Gasteiger partial charge on any atom is -0.504 e. The molecule has 0 aliphatic carbocycles. The zero-order valence-corrected chi connectivity index (χ0v) is 14.4. The highest BCUT2D eigenvalue weighted by molar-refractivity contribution is 9.13. The van der Waals surface area contributed by atoms with E-state index in [1.807, 2.05) is 0 Å². The van der Waals surface area contributed by atoms with Gasteiger partial charge in [0.25, 0.3) is 0 Å². The summed E-state index contributed by atoms with van der Waals surface area (Å²) >= 11 is 6.43. The predicted molar refractivity (Wildman–Crippen MR) is 84.6 cm³/mol. The van der Waals surface area contributed by atoms with Crippen molar-refractivity contribution in [3.63, 3.8) is 0 Å². The number of carbonyl (C=O) groups is 1. The summed E-state index contributed by atoms with van der Waals surface area (Å²) in [5, 5.41) is 28.7. The molecule has 0 fully saturated rings. The normalized spacial score (nSPS) is 10.8. The van der Waals surface area contributed by atoms with Gasteiger partial charge in [-0.15, -0.1) is 0 Å². The summed E-state index contributed by atoms with van der Waals surface area (Å²) in [6.07, 6.45) is 5.82. The second-order valence-electron chi connectivity index (χ2n) is 4.65. The molecule has 0 atom stereocenters. The summed E-state index contributed by atoms with van der Waals surface area (Å²) < 4.78 is 0.768. The Morgan fingerprint density at radius 3 is 2.15 bits per heavy atom. The van der Waals surface area contributed by atoms with Gasteiger partial charge in [0.1, 0.15) is 5.56 Å². The lowest BCUT2D eigenvalue weighted by Crippen LogP contribution is -2.05. The van der Waals surface area contributed by atoms with Crippen molar-refractivity contribution in [3.05, 3.63) is 20.1 Å². The van der Waals surface area contributed by atoms with Gasteiger partial charge in [-0.3, -0.25) is 0 Å². The van der Waals surface area contributed by atoms with Gasteiger partial charge in [0, 0.05) is 4.47 Å². The van der Waals surface area contributed by atoms with E-state index in [2.05, 4.69) is 38.8 Å². The van der Waals surface area contributed by atoms with Crippen molar-refractivity contribution in [3.8, 4) is 11.5 Å². The summed E-state index contributed by atoms with van der Waals surface area (Å²) in [5.74, 6) is -2.28. The minimum absolute atomic E-state index is 0.229. The Morgan fingerprint density at radius 1 is 1.00 bits per heavy atom. The van der Waals surface area contributed by atoms with Gasteiger partial charge in [-0.2, -0.15) is 0 Å². The molecule has 0 saturated carbocycles. The van der Waals surface area contributed by atoms with Crippen LogP contribution in [0.2, 0.25) is 0 Å². The molecule has 3 N–H and O–H groups in total. The summed E-state index contributed by atoms with van der Waals surface area (Å²) in [4.78, 5) is 11.3. The second kappa shape index (κ2) is 7.88. The van der Waals surface area contributed by atoms with Gasteiger partial charge in [-0.05, 0) is 50.3 Å². The molecule has 0 bridgehead atoms. The molecular weight excluding hydrogens is 392 g/mol. The van der Waals surface area contributed by atoms with Gasteiger partial charge < -0.3 is 15.3 Å². The van der Waals surface area contributed by atoms with E-state index >= 15 is 0 Å². The molecule has 4 nitrogen and oxygen atoms in total. The summed E-state index contributed by atoms with van der Waals surface area (Å²) in [7, 11) is 0. The summed E-state index contributed by atoms with van der Waals surface area (Å²) in [6, 6.07) is 0. The van der Waals surface area contributed by atoms with Crippen LogP contribution in [0.1, 0.15) is 54.9 Å². The Balaban J connectivity index is 3.01. The Bertz CT molecular complexity index is 501. The van der Waals surface area contributed by atoms with Crippen LogP contribution < -0.4 is 0 Å². The molecular formula is C14H18Br2O4. The van der Waals surface area contributed by atoms with Gasteiger partial charge >= 0.3 is 5.97 Å². The third kappa shape index (κ3) is 3.88. The van der Waals surface area contributed by atoms with Crippen molar-refractivity contribution in [1.29, 1.82) is 0 Å². The lowest BCUT2D eigenvalue weighted by atomic mass is 9.99. The van der Waals surface area contributed by atoms with Gasteiger partial charge in [-0.1, -0.05) is 32.6 Å². The standard InChI is InChI=1S/C14H18Br2O4/c1-2-3-4-5-6-7-8-9(14(19)20)12(17)13(18)11(16)10(8)15/h17-18H,2-7H2,1H3,(H,19,20). The van der Waals surface area contributed by atoms with E-state index in [1.165, 1.54) is 0 Å². The van der Waals surface area contributed by atoms with E-state index in [0.29, 0.717) is 16.5 Å². The minimum atomic E-state index is -1.24. The maximum absolute atomic E-state index is 11.3. The Kier molecular flexibility index (Phi) is 6.82. The third-order valence-electron chi connectivity index (χ3n) is 3.17. The van der Waals surface area contributed by atoms with E-state index < -0.39 is 17.5 Å². The van der Waals surface area contributed by atoms with E-state index in [9.17, 15) is 20.1 Å². The van der Waals surface area contributed by atoms with Crippen LogP contribution in [0.5, 0.6) is 11.5 Å². The van der Waals surface area contributed by atoms with Crippen LogP contribution in [0.15, 0.2) is 8.95 Å². The molecule has 1 rings (SSSR count). The zero-order chi connectivity index (χ0) is 15.3. The largest absolute Gasteiger partial charge is 0.504 e. The van der Waals surface area contributed by atoms with Crippen molar-refractivity contribution in [2.75, 3.05) is 0 Å². The molecule has 1 aromatic carbocycles. The highest BCUT2D eigenvalue weighted by atomic mass is 79.9. The molecule has 0 aliphatic heterocycles. The maximum atomic E-state index is 11.3. The fraction of sp³-hybridized carbons (Fsp3) is 0.500. The average molecular weight is 410 g/mol. The van der Waals surface area contributed by atoms with E-state index in [4.69, 9.17) is 0 Å². The van der Waals surface area contributed by atoms with Crippen molar-refractivity contribution in [2.24, 2.45) is 0 Å². The van der Waals surface area contributed by atoms with Crippen LogP contribution in [-0.2, 0) is 6.42 Å². The van der Waals surface area contributed by atoms with Crippen LogP contribution >= 0.6 is 31.9 Å². The van der Waals surface area contributed by atoms with Gasteiger partial charge in [-0.25, -0.2) is 4.79 Å². The number of carboxylic acids is 1. The Hall–Kier alpha value is -0.750. The molecule has 1 aromatic rings. The number of halogens is 2. The van der Waals surface area contributed by atoms with Crippen LogP contribution in [-0.4, -0.2) is 21.3 Å². The smallest absolute Gasteiger partial charge is 0.339 e. The SMILES string of the molecule is CCCCCCCc1c(Br)c(Br)c(O)c(O)c1C(=O)O. The van der Waals surface area contributed by atoms with Crippen LogP contribution in [0.25, 0.3) is 0 Å². The molecule has 0 heterocycles. The molecule has 0 aliphatic rings. The molecule has 0 radical (unpaired) electrons. The van der Waals surface area contributed by atoms with Gasteiger partial charge in [0.2, 0.25) is 0 Å². The Labute approximate surface area is 135 Å². The molecule has 0 spiro atoms. The molecule has 0 unspecified atom stereocenters. The lowest BCUT2D eigenvalue weighted by molar-refractivity contribution is 0.0691. The monoisotopic (exact) mass is 408 g/mol. The van der Waals surface area contributed by atoms with Crippen molar-refractivity contribution >= 4 is 37.8 Å². The number of unbranched alkanes of at least 4 members (excludes halogenated alkanes) is 4. The number of hydrogen-bond acceptors (Lipinski definition) is 3. The van der Waals surface area contributed by atoms with Crippen molar-refractivity contribution < 1.29 is 20.1 Å². The van der Waals surface area contributed by atoms with Crippen LogP contribution in [0, 0.1) is 0 Å². The van der Waals surface area contributed by atoms with E-state index in [0.717, 1.165) is 32.1 Å². The summed E-state index contributed by atoms with van der Waals surface area (Å²) in [6.45, 7) is 2.13. The zero-order valence-electron chi connectivity index (χ0n) is 11.2. The predicted octanol–water partition coefficient (Wildman–Crippen LogP) is 4.83. The maximum Gasteiger partial charge on any atom is 0.339 e. The summed E-state index contributed by atoms with van der Waals surface area (Å²) in [5.41, 5.74) is 0.282. The van der Waals surface area contributed by atoms with Crippen molar-refractivity contribution in [2.45, 2.75) is 45.4 Å². The Morgan fingerprint density at radius 2 is 1.60 bits per heavy atom. The first-order valence-corrected chi connectivity index (χ1v) is 8.15. The van der Waals surface area contributed by atoms with Gasteiger partial charge in [0.15, 0.2) is 11.5 Å². The van der Waals surface area contributed by atoms with Crippen LogP contribution in [0.3, 0.4) is 0 Å². The number of aromatic carboxylic acids is 1. The molecule has 0 aromatic heterocycles. The highest BCUT2D eigenvalue weighted by Gasteiger charge is 2.24. The lowest BCUT2D eigenvalue weighted by Gasteiger charge is -2.14. The second-order valence-corrected chi connectivity index (χ2v) is 6.23. The number of hydrogen-bond donors (Lipinski definition) is 3. The number of carboxylic acid groups (broad SMARTS) is 1. The first-order valence-electron chi connectivity index (χ1n) is 6.56. The van der Waals surface area contributed by atoms with Crippen molar-refractivity contribution in [1.82, 2.24) is 0 Å². The number of phenolic OH excluding ortho intramolecular Hbond substituents is 1. The first-order chi connectivity index (χ1) is 9.41. The molecule has 20 heavy (non-hydrogen) atoms. The number of rotatable bonds is 7. The van der Waals surface area contributed by atoms with E-state index in [-0.39, 0.29) is 10.0 Å². The highest BCUT2D eigenvalue weighted by Crippen LogP contribution is 2.45. The third-order valence-corrected chi connectivity index (χ3v) is 5.35. The van der Waals surface area contributed by atoms with E-state index in [1.54, 1.807) is 0 Å². The topological polar surface area (TPSA) is 77.8 Å². The fourth-order valence-electron chi connectivity index (χ4n) is 2.08. The van der Waals surface area contributed by atoms with Crippen LogP contribution in [0.4, 0.5) is 0 Å². The fourth-order valence-corrected chi connectivity index (χ4v) is 3.09. The number of benzene rings is 1. The molecule has 6 heteroatoms. The molecule has 0 amide bonds. The average Bonchev–Trinajstić information content (AvgIpc) is 2.41. The first kappa shape index (κ1) is 17.3. The number of phenols is 2. The molecule has 112 valence electrons. The molecule has 0 saturated heterocycles.